The maximum absolute atomic E-state index is 11.2. The maximum Gasteiger partial charge on any atom is 0.423 e. The molecule has 0 saturated carbocycles. The third kappa shape index (κ3) is 4.65. The van der Waals surface area contributed by atoms with E-state index in [1.165, 1.54) is 6.92 Å². The van der Waals surface area contributed by atoms with Crippen LogP contribution in [-0.2, 0) is 28.6 Å². The van der Waals surface area contributed by atoms with E-state index in [0.29, 0.717) is 0 Å². The van der Waals surface area contributed by atoms with Crippen LogP contribution < -0.4 is 0 Å². The third-order valence-corrected chi connectivity index (χ3v) is 1.70. The van der Waals surface area contributed by atoms with Gasteiger partial charge in [-0.15, -0.1) is 0 Å². The molecule has 6 heteroatoms. The number of carbonyl (C=O) groups is 3. The van der Waals surface area contributed by atoms with Crippen molar-refractivity contribution in [3.8, 4) is 0 Å². The van der Waals surface area contributed by atoms with Crippen LogP contribution in [0.3, 0.4) is 0 Å². The zero-order valence-electron chi connectivity index (χ0n) is 10.0. The van der Waals surface area contributed by atoms with Crippen molar-refractivity contribution in [2.24, 2.45) is 0 Å². The average Bonchev–Trinajstić information content (AvgIpc) is 2.37. The molecule has 0 atom stereocenters. The van der Waals surface area contributed by atoms with Crippen LogP contribution in [0.1, 0.15) is 13.3 Å². The maximum atomic E-state index is 11.2. The molecular formula is C12H14O6. The minimum absolute atomic E-state index is 0.105. The smallest absolute Gasteiger partial charge is 0.385 e. The van der Waals surface area contributed by atoms with Crippen molar-refractivity contribution >= 4 is 17.9 Å². The molecule has 0 aliphatic rings. The molecule has 6 nitrogen and oxygen atoms in total. The number of ether oxygens (including phenoxy) is 3. The van der Waals surface area contributed by atoms with Gasteiger partial charge in [0.15, 0.2) is 0 Å². The molecule has 0 radical (unpaired) electrons. The molecule has 0 rings (SSSR count). The Morgan fingerprint density at radius 2 is 1.17 bits per heavy atom. The van der Waals surface area contributed by atoms with Gasteiger partial charge in [0, 0.05) is 18.2 Å². The van der Waals surface area contributed by atoms with Crippen LogP contribution in [0.5, 0.6) is 0 Å². The number of hydrogen-bond acceptors (Lipinski definition) is 6. The lowest BCUT2D eigenvalue weighted by Gasteiger charge is -2.28. The summed E-state index contributed by atoms with van der Waals surface area (Å²) in [5, 5.41) is 0. The first-order chi connectivity index (χ1) is 8.42. The molecule has 0 bridgehead atoms. The highest BCUT2D eigenvalue weighted by atomic mass is 16.9. The van der Waals surface area contributed by atoms with E-state index in [1.807, 2.05) is 0 Å². The average molecular weight is 254 g/mol. The quantitative estimate of drug-likeness (QED) is 0.386. The van der Waals surface area contributed by atoms with Crippen molar-refractivity contribution in [2.75, 3.05) is 0 Å². The monoisotopic (exact) mass is 254 g/mol. The van der Waals surface area contributed by atoms with Gasteiger partial charge in [-0.25, -0.2) is 14.4 Å². The summed E-state index contributed by atoms with van der Waals surface area (Å²) >= 11 is 0. The highest BCUT2D eigenvalue weighted by Crippen LogP contribution is 2.21. The molecule has 18 heavy (non-hydrogen) atoms. The molecule has 98 valence electrons. The molecule has 0 aromatic rings. The standard InChI is InChI=1S/C12H14O6/c1-5-9(13)16-12(8-4,17-10(14)6-2)18-11(15)7-3/h5-7H,1-3,8H2,4H3. The van der Waals surface area contributed by atoms with E-state index in [2.05, 4.69) is 19.7 Å². The normalized spacial score (nSPS) is 9.83. The molecule has 0 aliphatic carbocycles. The van der Waals surface area contributed by atoms with Crippen LogP contribution in [0.15, 0.2) is 38.0 Å². The Bertz CT molecular complexity index is 327. The van der Waals surface area contributed by atoms with Crippen molar-refractivity contribution in [3.63, 3.8) is 0 Å². The minimum atomic E-state index is -2.15. The van der Waals surface area contributed by atoms with Crippen molar-refractivity contribution in [3.05, 3.63) is 38.0 Å². The Morgan fingerprint density at radius 3 is 1.33 bits per heavy atom. The van der Waals surface area contributed by atoms with E-state index < -0.39 is 23.9 Å². The summed E-state index contributed by atoms with van der Waals surface area (Å²) in [5.74, 6) is -4.89. The first-order valence-electron chi connectivity index (χ1n) is 4.99. The van der Waals surface area contributed by atoms with E-state index in [0.717, 1.165) is 18.2 Å². The molecule has 0 aromatic heterocycles. The second-order valence-corrected chi connectivity index (χ2v) is 2.91. The van der Waals surface area contributed by atoms with Crippen LogP contribution in [0.25, 0.3) is 0 Å². The number of rotatable bonds is 7. The molecule has 0 heterocycles. The summed E-state index contributed by atoms with van der Waals surface area (Å²) < 4.78 is 14.2. The minimum Gasteiger partial charge on any atom is -0.385 e. The largest absolute Gasteiger partial charge is 0.423 e. The summed E-state index contributed by atoms with van der Waals surface area (Å²) in [6, 6.07) is 0. The SMILES string of the molecule is C=CC(=O)OC(CC)(OC(=O)C=C)OC(=O)C=C. The van der Waals surface area contributed by atoms with E-state index >= 15 is 0 Å². The first kappa shape index (κ1) is 15.6. The zero-order chi connectivity index (χ0) is 14.2. The second-order valence-electron chi connectivity index (χ2n) is 2.91. The highest BCUT2D eigenvalue weighted by molar-refractivity contribution is 5.85. The Kier molecular flexibility index (Phi) is 6.12. The van der Waals surface area contributed by atoms with Crippen molar-refractivity contribution in [2.45, 2.75) is 19.3 Å². The Balaban J connectivity index is 5.15. The predicted molar refractivity (Wildman–Crippen MR) is 61.9 cm³/mol. The number of esters is 3. The zero-order valence-corrected chi connectivity index (χ0v) is 10.0. The Labute approximate surface area is 105 Å². The molecule has 0 aromatic carbocycles. The molecule has 0 N–H and O–H groups in total. The van der Waals surface area contributed by atoms with Gasteiger partial charge in [0.25, 0.3) is 0 Å². The second kappa shape index (κ2) is 7.05. The van der Waals surface area contributed by atoms with E-state index in [4.69, 9.17) is 14.2 Å². The number of hydrogen-bond donors (Lipinski definition) is 0. The van der Waals surface area contributed by atoms with E-state index in [1.54, 1.807) is 0 Å². The van der Waals surface area contributed by atoms with Crippen LogP contribution in [0.2, 0.25) is 0 Å². The summed E-state index contributed by atoms with van der Waals surface area (Å²) in [4.78, 5) is 33.5. The van der Waals surface area contributed by atoms with Crippen molar-refractivity contribution in [1.29, 1.82) is 0 Å². The van der Waals surface area contributed by atoms with Gasteiger partial charge >= 0.3 is 23.9 Å². The fraction of sp³-hybridized carbons (Fsp3) is 0.250. The van der Waals surface area contributed by atoms with E-state index in [-0.39, 0.29) is 6.42 Å². The number of carbonyl (C=O) groups excluding carboxylic acids is 3. The van der Waals surface area contributed by atoms with Crippen LogP contribution in [0.4, 0.5) is 0 Å². The summed E-state index contributed by atoms with van der Waals surface area (Å²) in [6.07, 6.45) is 2.42. The fourth-order valence-electron chi connectivity index (χ4n) is 0.864. The molecule has 0 fully saturated rings. The van der Waals surface area contributed by atoms with Gasteiger partial charge in [0.05, 0.1) is 6.42 Å². The summed E-state index contributed by atoms with van der Waals surface area (Å²) in [6.45, 7) is 11.0. The van der Waals surface area contributed by atoms with Crippen LogP contribution in [-0.4, -0.2) is 23.9 Å². The van der Waals surface area contributed by atoms with E-state index in [9.17, 15) is 14.4 Å². The lowest BCUT2D eigenvalue weighted by molar-refractivity contribution is -0.325. The highest BCUT2D eigenvalue weighted by Gasteiger charge is 2.40. The Morgan fingerprint density at radius 1 is 0.889 bits per heavy atom. The lowest BCUT2D eigenvalue weighted by atomic mass is 10.4. The predicted octanol–water partition coefficient (Wildman–Crippen LogP) is 1.24. The summed E-state index contributed by atoms with van der Waals surface area (Å²) in [7, 11) is 0. The van der Waals surface area contributed by atoms with Gasteiger partial charge in [-0.05, 0) is 0 Å². The molecule has 0 amide bonds. The fourth-order valence-corrected chi connectivity index (χ4v) is 0.864. The van der Waals surface area contributed by atoms with Crippen LogP contribution in [0, 0.1) is 0 Å². The van der Waals surface area contributed by atoms with Gasteiger partial charge in [0.1, 0.15) is 0 Å². The van der Waals surface area contributed by atoms with Crippen molar-refractivity contribution in [1.82, 2.24) is 0 Å². The molecule has 0 aliphatic heterocycles. The third-order valence-electron chi connectivity index (χ3n) is 1.70. The molecular weight excluding hydrogens is 240 g/mol. The van der Waals surface area contributed by atoms with Gasteiger partial charge in [-0.2, -0.15) is 0 Å². The van der Waals surface area contributed by atoms with Gasteiger partial charge in [-0.1, -0.05) is 26.7 Å². The van der Waals surface area contributed by atoms with Gasteiger partial charge < -0.3 is 14.2 Å². The molecule has 0 unspecified atom stereocenters. The van der Waals surface area contributed by atoms with Gasteiger partial charge in [-0.3, -0.25) is 0 Å². The summed E-state index contributed by atoms with van der Waals surface area (Å²) in [5.41, 5.74) is 0. The lowest BCUT2D eigenvalue weighted by Crippen LogP contribution is -2.43. The topological polar surface area (TPSA) is 78.9 Å². The molecule has 0 saturated heterocycles. The first-order valence-corrected chi connectivity index (χ1v) is 4.99. The van der Waals surface area contributed by atoms with Gasteiger partial charge in [0.2, 0.25) is 0 Å². The Hall–Kier alpha value is -2.37. The van der Waals surface area contributed by atoms with Crippen molar-refractivity contribution < 1.29 is 28.6 Å². The molecule has 0 spiro atoms. The van der Waals surface area contributed by atoms with Crippen LogP contribution >= 0.6 is 0 Å².